The van der Waals surface area contributed by atoms with Gasteiger partial charge in [0.1, 0.15) is 11.4 Å². The highest BCUT2D eigenvalue weighted by Crippen LogP contribution is 2.37. The Labute approximate surface area is 122 Å². The molecular formula is C17H27NO2. The molecule has 1 aromatic carbocycles. The summed E-state index contributed by atoms with van der Waals surface area (Å²) >= 11 is 0. The number of hydrogen-bond acceptors (Lipinski definition) is 3. The highest BCUT2D eigenvalue weighted by atomic mass is 16.5. The number of rotatable bonds is 7. The highest BCUT2D eigenvalue weighted by Gasteiger charge is 2.31. The average molecular weight is 277 g/mol. The first-order valence-corrected chi connectivity index (χ1v) is 7.67. The van der Waals surface area contributed by atoms with E-state index >= 15 is 0 Å². The maximum Gasteiger partial charge on any atom is 0.127 e. The van der Waals surface area contributed by atoms with Crippen molar-refractivity contribution < 1.29 is 9.84 Å². The van der Waals surface area contributed by atoms with Gasteiger partial charge in [-0.3, -0.25) is 0 Å². The predicted molar refractivity (Wildman–Crippen MR) is 82.0 cm³/mol. The Balaban J connectivity index is 1.94. The molecule has 0 saturated heterocycles. The van der Waals surface area contributed by atoms with Gasteiger partial charge in [0.2, 0.25) is 0 Å². The lowest BCUT2D eigenvalue weighted by atomic mass is 10.00. The number of ether oxygens (including phenoxy) is 1. The molecule has 20 heavy (non-hydrogen) atoms. The van der Waals surface area contributed by atoms with Gasteiger partial charge in [0.05, 0.1) is 0 Å². The maximum atomic E-state index is 9.02. The van der Waals surface area contributed by atoms with Crippen LogP contribution >= 0.6 is 0 Å². The number of benzene rings is 1. The van der Waals surface area contributed by atoms with Gasteiger partial charge in [-0.05, 0) is 38.3 Å². The maximum absolute atomic E-state index is 9.02. The fourth-order valence-corrected chi connectivity index (χ4v) is 2.86. The van der Waals surface area contributed by atoms with Crippen LogP contribution in [-0.4, -0.2) is 23.9 Å². The zero-order valence-electron chi connectivity index (χ0n) is 12.9. The molecule has 0 aromatic heterocycles. The van der Waals surface area contributed by atoms with Crippen molar-refractivity contribution in [3.63, 3.8) is 0 Å². The van der Waals surface area contributed by atoms with Crippen LogP contribution in [0, 0.1) is 5.92 Å². The molecule has 1 aromatic rings. The second-order valence-electron chi connectivity index (χ2n) is 6.36. The summed E-state index contributed by atoms with van der Waals surface area (Å²) in [4.78, 5) is 0. The lowest BCUT2D eigenvalue weighted by Crippen LogP contribution is -2.25. The number of nitrogens with one attached hydrogen (secondary N) is 1. The van der Waals surface area contributed by atoms with E-state index in [2.05, 4.69) is 44.3 Å². The Bertz CT molecular complexity index is 443. The molecule has 1 heterocycles. The lowest BCUT2D eigenvalue weighted by molar-refractivity contribution is 0.137. The van der Waals surface area contributed by atoms with E-state index in [9.17, 15) is 0 Å². The van der Waals surface area contributed by atoms with Crippen molar-refractivity contribution in [2.75, 3.05) is 13.2 Å². The molecule has 3 heteroatoms. The Morgan fingerprint density at radius 1 is 1.40 bits per heavy atom. The van der Waals surface area contributed by atoms with Gasteiger partial charge in [-0.1, -0.05) is 31.5 Å². The van der Waals surface area contributed by atoms with Crippen molar-refractivity contribution in [1.82, 2.24) is 5.32 Å². The summed E-state index contributed by atoms with van der Waals surface area (Å²) < 4.78 is 6.08. The Kier molecular flexibility index (Phi) is 5.06. The standard InChI is InChI=1S/C17H27NO2/c1-4-13(8-9-19)11-18-12-15-7-5-6-14-10-17(2,3)20-16(14)15/h5-7,13,18-19H,4,8-12H2,1-3H3. The normalized spacial score (nSPS) is 17.6. The van der Waals surface area contributed by atoms with Crippen LogP contribution in [0.2, 0.25) is 0 Å². The van der Waals surface area contributed by atoms with Gasteiger partial charge in [0.15, 0.2) is 0 Å². The summed E-state index contributed by atoms with van der Waals surface area (Å²) in [6.45, 7) is 8.51. The Morgan fingerprint density at radius 2 is 2.20 bits per heavy atom. The molecule has 0 bridgehead atoms. The first-order valence-electron chi connectivity index (χ1n) is 7.67. The predicted octanol–water partition coefficient (Wildman–Crippen LogP) is 2.90. The van der Waals surface area contributed by atoms with E-state index in [1.165, 1.54) is 11.1 Å². The smallest absolute Gasteiger partial charge is 0.127 e. The summed E-state index contributed by atoms with van der Waals surface area (Å²) in [6, 6.07) is 6.42. The first kappa shape index (κ1) is 15.3. The quantitative estimate of drug-likeness (QED) is 0.805. The molecule has 112 valence electrons. The van der Waals surface area contributed by atoms with Gasteiger partial charge in [-0.2, -0.15) is 0 Å². The molecule has 0 saturated carbocycles. The Hall–Kier alpha value is -1.06. The minimum absolute atomic E-state index is 0.0821. The van der Waals surface area contributed by atoms with E-state index in [-0.39, 0.29) is 12.2 Å². The lowest BCUT2D eigenvalue weighted by Gasteiger charge is -2.19. The fraction of sp³-hybridized carbons (Fsp3) is 0.647. The van der Waals surface area contributed by atoms with Gasteiger partial charge >= 0.3 is 0 Å². The molecule has 1 aliphatic heterocycles. The summed E-state index contributed by atoms with van der Waals surface area (Å²) in [7, 11) is 0. The van der Waals surface area contributed by atoms with Gasteiger partial charge < -0.3 is 15.2 Å². The van der Waals surface area contributed by atoms with Crippen molar-refractivity contribution >= 4 is 0 Å². The molecule has 1 aliphatic rings. The third kappa shape index (κ3) is 3.74. The van der Waals surface area contributed by atoms with Crippen molar-refractivity contribution in [2.24, 2.45) is 5.92 Å². The zero-order chi connectivity index (χ0) is 14.6. The van der Waals surface area contributed by atoms with Crippen molar-refractivity contribution in [3.8, 4) is 5.75 Å². The van der Waals surface area contributed by atoms with Crippen LogP contribution < -0.4 is 10.1 Å². The van der Waals surface area contributed by atoms with Crippen LogP contribution in [0.1, 0.15) is 44.7 Å². The summed E-state index contributed by atoms with van der Waals surface area (Å²) in [6.07, 6.45) is 2.96. The molecule has 0 amide bonds. The molecule has 1 unspecified atom stereocenters. The van der Waals surface area contributed by atoms with Gasteiger partial charge in [0, 0.05) is 25.1 Å². The average Bonchev–Trinajstić information content (AvgIpc) is 2.72. The molecule has 0 aliphatic carbocycles. The number of para-hydroxylation sites is 1. The summed E-state index contributed by atoms with van der Waals surface area (Å²) in [5.41, 5.74) is 2.48. The van der Waals surface area contributed by atoms with Gasteiger partial charge in [-0.15, -0.1) is 0 Å². The van der Waals surface area contributed by atoms with Crippen LogP contribution in [0.4, 0.5) is 0 Å². The third-order valence-corrected chi connectivity index (χ3v) is 4.04. The second-order valence-corrected chi connectivity index (χ2v) is 6.36. The van der Waals surface area contributed by atoms with Gasteiger partial charge in [-0.25, -0.2) is 0 Å². The van der Waals surface area contributed by atoms with Crippen molar-refractivity contribution in [2.45, 2.75) is 52.2 Å². The van der Waals surface area contributed by atoms with E-state index in [1.807, 2.05) is 0 Å². The summed E-state index contributed by atoms with van der Waals surface area (Å²) in [5, 5.41) is 12.5. The van der Waals surface area contributed by atoms with E-state index in [4.69, 9.17) is 9.84 Å². The fourth-order valence-electron chi connectivity index (χ4n) is 2.86. The number of fused-ring (bicyclic) bond motifs is 1. The van der Waals surface area contributed by atoms with E-state index in [0.29, 0.717) is 5.92 Å². The molecule has 0 spiro atoms. The third-order valence-electron chi connectivity index (χ3n) is 4.04. The molecule has 1 atom stereocenters. The SMILES string of the molecule is CCC(CCO)CNCc1cccc2c1OC(C)(C)C2. The molecular weight excluding hydrogens is 250 g/mol. The summed E-state index contributed by atoms with van der Waals surface area (Å²) in [5.74, 6) is 1.62. The molecule has 2 rings (SSSR count). The van der Waals surface area contributed by atoms with Crippen LogP contribution in [0.25, 0.3) is 0 Å². The largest absolute Gasteiger partial charge is 0.487 e. The molecule has 3 nitrogen and oxygen atoms in total. The monoisotopic (exact) mass is 277 g/mol. The molecule has 0 radical (unpaired) electrons. The van der Waals surface area contributed by atoms with E-state index < -0.39 is 0 Å². The topological polar surface area (TPSA) is 41.5 Å². The minimum atomic E-state index is -0.0821. The first-order chi connectivity index (χ1) is 9.55. The van der Waals surface area contributed by atoms with Crippen LogP contribution in [0.5, 0.6) is 5.75 Å². The van der Waals surface area contributed by atoms with Crippen molar-refractivity contribution in [1.29, 1.82) is 0 Å². The van der Waals surface area contributed by atoms with Crippen LogP contribution in [-0.2, 0) is 13.0 Å². The highest BCUT2D eigenvalue weighted by molar-refractivity contribution is 5.45. The Morgan fingerprint density at radius 3 is 2.90 bits per heavy atom. The number of hydrogen-bond donors (Lipinski definition) is 2. The molecule has 2 N–H and O–H groups in total. The van der Waals surface area contributed by atoms with Crippen molar-refractivity contribution in [3.05, 3.63) is 29.3 Å². The molecule has 0 fully saturated rings. The van der Waals surface area contributed by atoms with Gasteiger partial charge in [0.25, 0.3) is 0 Å². The van der Waals surface area contributed by atoms with Crippen LogP contribution in [0.15, 0.2) is 18.2 Å². The second kappa shape index (κ2) is 6.59. The van der Waals surface area contributed by atoms with Crippen LogP contribution in [0.3, 0.4) is 0 Å². The number of aliphatic hydroxyl groups excluding tert-OH is 1. The minimum Gasteiger partial charge on any atom is -0.487 e. The zero-order valence-corrected chi connectivity index (χ0v) is 12.9. The number of aliphatic hydroxyl groups is 1. The van der Waals surface area contributed by atoms with E-state index in [1.54, 1.807) is 0 Å². The van der Waals surface area contributed by atoms with E-state index in [0.717, 1.165) is 38.1 Å².